The molecule has 0 fully saturated rings. The quantitative estimate of drug-likeness (QED) is 0.117. The highest BCUT2D eigenvalue weighted by atomic mass is 31.2. The van der Waals surface area contributed by atoms with E-state index in [0.29, 0.717) is 58.4 Å². The summed E-state index contributed by atoms with van der Waals surface area (Å²) in [5.41, 5.74) is 7.11. The summed E-state index contributed by atoms with van der Waals surface area (Å²) < 4.78 is 66.5. The Hall–Kier alpha value is -5.17. The highest BCUT2D eigenvalue weighted by Crippen LogP contribution is 2.58. The molecule has 12 heteroatoms. The third-order valence-electron chi connectivity index (χ3n) is 13.1. The fraction of sp³-hybridized carbons (Fsp3) is 0.500. The van der Waals surface area contributed by atoms with Crippen molar-refractivity contribution in [3.05, 3.63) is 94.0 Å². The normalized spacial score (nSPS) is 14.4. The van der Waals surface area contributed by atoms with E-state index in [9.17, 15) is 0 Å². The van der Waals surface area contributed by atoms with Gasteiger partial charge in [0, 0.05) is 49.7 Å². The molecular formula is C60H80O10P2. The van der Waals surface area contributed by atoms with Crippen molar-refractivity contribution >= 4 is 38.6 Å². The first kappa shape index (κ1) is 54.6. The summed E-state index contributed by atoms with van der Waals surface area (Å²) in [6.07, 6.45) is 0.524. The topological polar surface area (TPSA) is 100 Å². The molecule has 7 rings (SSSR count). The van der Waals surface area contributed by atoms with Crippen LogP contribution in [-0.2, 0) is 32.5 Å². The number of fused-ring (bicyclic) bond motifs is 4. The summed E-state index contributed by atoms with van der Waals surface area (Å²) in [5, 5.41) is 1.64. The fourth-order valence-electron chi connectivity index (χ4n) is 8.94. The van der Waals surface area contributed by atoms with Crippen molar-refractivity contribution in [1.29, 1.82) is 0 Å². The molecule has 390 valence electrons. The Morgan fingerprint density at radius 2 is 0.819 bits per heavy atom. The van der Waals surface area contributed by atoms with Gasteiger partial charge in [0.25, 0.3) is 8.38 Å². The first-order chi connectivity index (χ1) is 33.3. The molecule has 1 aliphatic rings. The lowest BCUT2D eigenvalue weighted by Gasteiger charge is -2.28. The van der Waals surface area contributed by atoms with Gasteiger partial charge in [0.15, 0.2) is 11.5 Å². The highest BCUT2D eigenvalue weighted by molar-refractivity contribution is 7.48. The third kappa shape index (κ3) is 11.3. The van der Waals surface area contributed by atoms with Crippen molar-refractivity contribution in [3.8, 4) is 57.1 Å². The highest BCUT2D eigenvalue weighted by Gasteiger charge is 2.36. The van der Waals surface area contributed by atoms with Crippen LogP contribution in [0.25, 0.3) is 33.1 Å². The minimum atomic E-state index is -2.22. The van der Waals surface area contributed by atoms with E-state index in [1.165, 1.54) is 5.56 Å². The van der Waals surface area contributed by atoms with Gasteiger partial charge in [-0.3, -0.25) is 0 Å². The monoisotopic (exact) mass is 1020 g/mol. The molecule has 0 amide bonds. The van der Waals surface area contributed by atoms with E-state index in [4.69, 9.17) is 45.6 Å². The first-order valence-electron chi connectivity index (χ1n) is 25.0. The Morgan fingerprint density at radius 1 is 0.417 bits per heavy atom. The van der Waals surface area contributed by atoms with Gasteiger partial charge < -0.3 is 45.6 Å². The van der Waals surface area contributed by atoms with Gasteiger partial charge in [0.1, 0.15) is 45.7 Å². The van der Waals surface area contributed by atoms with E-state index < -0.39 is 22.0 Å². The SMILES string of the molecule is COc1cc(-c2cc(OC)cc(C(C)(C)C)c2Op2oc3c(C(C)(C)C)cc(OC)cc3c3cc(OC)cc(C(C)(C)C)c3o2)c(OCCP2Oc3cc(C(C)(C)C)cc(C(C)(C)C)c3O2)c(C(C)(C)C)c1. The van der Waals surface area contributed by atoms with Gasteiger partial charge in [-0.15, -0.1) is 0 Å². The maximum Gasteiger partial charge on any atom is 0.453 e. The fourth-order valence-corrected chi connectivity index (χ4v) is 11.3. The summed E-state index contributed by atoms with van der Waals surface area (Å²) in [5.74, 6) is 5.61. The standard InChI is InChI=1S/C60H80O10P2/c1-55(2,3)35-25-44(56(4,5)6)54-49(26-35)66-71(67-54)24-23-65-50-40(27-36(61-19)31-45(50)57(7,8)9)41-28-37(62-20)32-46(58(10,11)12)51(41)68-72-69-52-42(29-38(63-21)33-47(52)59(13,14)15)43-30-39(64-22)34-48(53(43)70-72)60(16,17)18/h25-34H,23-24H2,1-22H3. The van der Waals surface area contributed by atoms with E-state index in [-0.39, 0.29) is 27.1 Å². The summed E-state index contributed by atoms with van der Waals surface area (Å²) in [4.78, 5) is 0. The minimum Gasteiger partial charge on any atom is -0.497 e. The second-order valence-electron chi connectivity index (χ2n) is 25.1. The number of benzene rings is 5. The van der Waals surface area contributed by atoms with Crippen molar-refractivity contribution in [2.24, 2.45) is 0 Å². The summed E-state index contributed by atoms with van der Waals surface area (Å²) >= 11 is 0. The molecule has 2 heterocycles. The van der Waals surface area contributed by atoms with E-state index >= 15 is 0 Å². The molecule has 1 aromatic heterocycles. The summed E-state index contributed by atoms with van der Waals surface area (Å²) in [6.45, 7) is 39.7. The molecule has 0 aliphatic carbocycles. The predicted octanol–water partition coefficient (Wildman–Crippen LogP) is 17.8. The molecule has 0 saturated carbocycles. The zero-order chi connectivity index (χ0) is 53.3. The van der Waals surface area contributed by atoms with E-state index in [2.05, 4.69) is 143 Å². The van der Waals surface area contributed by atoms with Crippen LogP contribution in [0.3, 0.4) is 0 Å². The van der Waals surface area contributed by atoms with Gasteiger partial charge in [-0.05, 0) is 92.7 Å². The van der Waals surface area contributed by atoms with E-state index in [0.717, 1.165) is 61.2 Å². The average Bonchev–Trinajstić information content (AvgIpc) is 3.62. The number of hydrogen-bond donors (Lipinski definition) is 0. The lowest BCUT2D eigenvalue weighted by Crippen LogP contribution is -2.17. The molecule has 0 radical (unpaired) electrons. The molecule has 1 aliphatic heterocycles. The maximum atomic E-state index is 7.46. The molecule has 0 bridgehead atoms. The summed E-state index contributed by atoms with van der Waals surface area (Å²) in [7, 11) is 3.18. The molecule has 0 spiro atoms. The smallest absolute Gasteiger partial charge is 0.453 e. The molecule has 72 heavy (non-hydrogen) atoms. The van der Waals surface area contributed by atoms with Crippen LogP contribution < -0.4 is 37.3 Å². The zero-order valence-electron chi connectivity index (χ0n) is 47.2. The largest absolute Gasteiger partial charge is 0.497 e. The molecule has 10 nitrogen and oxygen atoms in total. The second kappa shape index (κ2) is 19.6. The van der Waals surface area contributed by atoms with Crippen LogP contribution in [0.2, 0.25) is 0 Å². The molecule has 5 aromatic carbocycles. The number of rotatable bonds is 11. The van der Waals surface area contributed by atoms with Crippen molar-refractivity contribution < 1.29 is 45.6 Å². The van der Waals surface area contributed by atoms with Crippen molar-refractivity contribution in [3.63, 3.8) is 0 Å². The van der Waals surface area contributed by atoms with E-state index in [1.54, 1.807) is 28.4 Å². The van der Waals surface area contributed by atoms with Crippen LogP contribution >= 0.6 is 16.6 Å². The Morgan fingerprint density at radius 3 is 1.24 bits per heavy atom. The third-order valence-corrected chi connectivity index (χ3v) is 15.5. The van der Waals surface area contributed by atoms with Gasteiger partial charge in [0.05, 0.1) is 41.2 Å². The molecule has 1 unspecified atom stereocenters. The Bertz CT molecular complexity index is 2950. The van der Waals surface area contributed by atoms with Crippen molar-refractivity contribution in [1.82, 2.24) is 0 Å². The van der Waals surface area contributed by atoms with Gasteiger partial charge >= 0.3 is 8.24 Å². The van der Waals surface area contributed by atoms with Crippen molar-refractivity contribution in [2.75, 3.05) is 41.2 Å². The molecular weight excluding hydrogens is 943 g/mol. The van der Waals surface area contributed by atoms with Crippen LogP contribution in [0, 0.1) is 0 Å². The Balaban J connectivity index is 1.47. The number of ether oxygens (including phenoxy) is 5. The van der Waals surface area contributed by atoms with Crippen LogP contribution in [0.4, 0.5) is 0 Å². The zero-order valence-corrected chi connectivity index (χ0v) is 49.0. The van der Waals surface area contributed by atoms with Crippen LogP contribution in [0.15, 0.2) is 69.1 Å². The summed E-state index contributed by atoms with van der Waals surface area (Å²) in [6, 6.07) is 20.7. The maximum absolute atomic E-state index is 7.46. The molecule has 0 N–H and O–H groups in total. The second-order valence-corrected chi connectivity index (χ2v) is 27.6. The van der Waals surface area contributed by atoms with Crippen LogP contribution in [-0.4, -0.2) is 41.2 Å². The van der Waals surface area contributed by atoms with Gasteiger partial charge in [-0.25, -0.2) is 0 Å². The Kier molecular flexibility index (Phi) is 14.9. The van der Waals surface area contributed by atoms with Crippen LogP contribution in [0.1, 0.15) is 158 Å². The predicted molar refractivity (Wildman–Crippen MR) is 298 cm³/mol. The van der Waals surface area contributed by atoms with Gasteiger partial charge in [-0.1, -0.05) is 131 Å². The average molecular weight is 1020 g/mol. The Labute approximate surface area is 431 Å². The van der Waals surface area contributed by atoms with Gasteiger partial charge in [0.2, 0.25) is 0 Å². The lowest BCUT2D eigenvalue weighted by molar-refractivity contribution is 0.327. The van der Waals surface area contributed by atoms with Gasteiger partial charge in [-0.2, -0.15) is 0 Å². The van der Waals surface area contributed by atoms with Crippen molar-refractivity contribution in [2.45, 2.75) is 157 Å². The minimum absolute atomic E-state index is 0.0614. The molecule has 6 aromatic rings. The number of hydrogen-bond acceptors (Lipinski definition) is 10. The van der Waals surface area contributed by atoms with E-state index in [1.807, 2.05) is 42.5 Å². The lowest BCUT2D eigenvalue weighted by atomic mass is 9.80. The molecule has 1 atom stereocenters. The van der Waals surface area contributed by atoms with Crippen LogP contribution in [0.5, 0.6) is 46.0 Å². The first-order valence-corrected chi connectivity index (χ1v) is 27.4. The molecule has 0 saturated heterocycles. The number of methoxy groups -OCH3 is 4.